The first kappa shape index (κ1) is 24.6. The number of amides is 1. The van der Waals surface area contributed by atoms with E-state index in [1.54, 1.807) is 6.08 Å². The number of nitrogens with two attached hydrogens (primary N) is 1. The summed E-state index contributed by atoms with van der Waals surface area (Å²) in [7, 11) is 0. The zero-order valence-corrected chi connectivity index (χ0v) is 17.4. The van der Waals surface area contributed by atoms with E-state index in [4.69, 9.17) is 10.2 Å². The SMILES string of the molecule is C=CCC(CC(C)CC)Nc1ncc2oc(C(N)=O)cc2c1F.CC.CC. The van der Waals surface area contributed by atoms with Gasteiger partial charge in [0, 0.05) is 12.1 Å². The quantitative estimate of drug-likeness (QED) is 0.559. The molecular weight excluding hydrogens is 345 g/mol. The van der Waals surface area contributed by atoms with Crippen LogP contribution in [0.3, 0.4) is 0 Å². The molecule has 0 bridgehead atoms. The Morgan fingerprint density at radius 1 is 1.41 bits per heavy atom. The number of nitrogens with one attached hydrogen (secondary N) is 1. The minimum absolute atomic E-state index is 0.0458. The second-order valence-corrected chi connectivity index (χ2v) is 5.79. The summed E-state index contributed by atoms with van der Waals surface area (Å²) in [5.74, 6) is -0.715. The molecule has 5 nitrogen and oxygen atoms in total. The van der Waals surface area contributed by atoms with E-state index in [9.17, 15) is 9.18 Å². The third kappa shape index (κ3) is 7.04. The van der Waals surface area contributed by atoms with Crippen molar-refractivity contribution in [3.63, 3.8) is 0 Å². The van der Waals surface area contributed by atoms with Crippen LogP contribution in [0.15, 0.2) is 29.3 Å². The summed E-state index contributed by atoms with van der Waals surface area (Å²) in [5, 5.41) is 3.32. The minimum Gasteiger partial charge on any atom is -0.449 e. The molecule has 6 heteroatoms. The van der Waals surface area contributed by atoms with Gasteiger partial charge in [-0.25, -0.2) is 9.37 Å². The summed E-state index contributed by atoms with van der Waals surface area (Å²) in [5.41, 5.74) is 5.35. The van der Waals surface area contributed by atoms with Crippen LogP contribution < -0.4 is 11.1 Å². The van der Waals surface area contributed by atoms with Gasteiger partial charge in [-0.2, -0.15) is 0 Å². The summed E-state index contributed by atoms with van der Waals surface area (Å²) in [6, 6.07) is 1.35. The van der Waals surface area contributed by atoms with Gasteiger partial charge in [0.05, 0.1) is 11.6 Å². The highest BCUT2D eigenvalue weighted by atomic mass is 19.1. The number of hydrogen-bond donors (Lipinski definition) is 2. The molecule has 2 unspecified atom stereocenters. The van der Waals surface area contributed by atoms with Gasteiger partial charge >= 0.3 is 0 Å². The lowest BCUT2D eigenvalue weighted by molar-refractivity contribution is 0.0976. The Balaban J connectivity index is 0.00000158. The number of pyridine rings is 1. The van der Waals surface area contributed by atoms with Gasteiger partial charge < -0.3 is 15.5 Å². The Hall–Kier alpha value is -2.37. The lowest BCUT2D eigenvalue weighted by Crippen LogP contribution is -2.22. The molecule has 0 aromatic carbocycles. The molecular formula is C21H34FN3O2. The summed E-state index contributed by atoms with van der Waals surface area (Å²) in [6.45, 7) is 16.0. The largest absolute Gasteiger partial charge is 0.449 e. The van der Waals surface area contributed by atoms with E-state index in [0.29, 0.717) is 12.3 Å². The zero-order chi connectivity index (χ0) is 21.0. The molecule has 2 atom stereocenters. The lowest BCUT2D eigenvalue weighted by atomic mass is 9.97. The van der Waals surface area contributed by atoms with E-state index < -0.39 is 11.7 Å². The fourth-order valence-electron chi connectivity index (χ4n) is 2.46. The number of aromatic nitrogens is 1. The molecule has 0 radical (unpaired) electrons. The van der Waals surface area contributed by atoms with Gasteiger partial charge in [-0.15, -0.1) is 6.58 Å². The Bertz CT molecular complexity index is 713. The van der Waals surface area contributed by atoms with Crippen LogP contribution >= 0.6 is 0 Å². The van der Waals surface area contributed by atoms with Crippen LogP contribution in [-0.4, -0.2) is 16.9 Å². The second-order valence-electron chi connectivity index (χ2n) is 5.79. The van der Waals surface area contributed by atoms with E-state index in [-0.39, 0.29) is 28.6 Å². The molecule has 0 aliphatic rings. The van der Waals surface area contributed by atoms with E-state index in [0.717, 1.165) is 12.8 Å². The number of anilines is 1. The molecule has 2 aromatic heterocycles. The second kappa shape index (κ2) is 12.9. The van der Waals surface area contributed by atoms with Crippen LogP contribution in [0, 0.1) is 11.7 Å². The lowest BCUT2D eigenvalue weighted by Gasteiger charge is -2.21. The van der Waals surface area contributed by atoms with Gasteiger partial charge in [0.2, 0.25) is 0 Å². The number of carbonyl (C=O) groups excluding carboxylic acids is 1. The molecule has 0 fully saturated rings. The molecule has 0 saturated heterocycles. The molecule has 0 saturated carbocycles. The third-order valence-corrected chi connectivity index (χ3v) is 3.93. The van der Waals surface area contributed by atoms with Crippen molar-refractivity contribution in [1.82, 2.24) is 4.98 Å². The van der Waals surface area contributed by atoms with Crippen molar-refractivity contribution in [2.45, 2.75) is 66.8 Å². The maximum Gasteiger partial charge on any atom is 0.284 e. The first-order valence-electron chi connectivity index (χ1n) is 9.71. The van der Waals surface area contributed by atoms with Crippen molar-refractivity contribution in [2.24, 2.45) is 11.7 Å². The molecule has 3 N–H and O–H groups in total. The van der Waals surface area contributed by atoms with Crippen molar-refractivity contribution >= 4 is 22.7 Å². The average molecular weight is 380 g/mol. The number of carbonyl (C=O) groups is 1. The highest BCUT2D eigenvalue weighted by Gasteiger charge is 2.18. The van der Waals surface area contributed by atoms with Gasteiger partial charge in [-0.1, -0.05) is 54.0 Å². The molecule has 0 spiro atoms. The predicted octanol–water partition coefficient (Wildman–Crippen LogP) is 5.91. The normalized spacial score (nSPS) is 12.1. The monoisotopic (exact) mass is 379 g/mol. The van der Waals surface area contributed by atoms with E-state index in [2.05, 4.69) is 30.7 Å². The molecule has 1 amide bonds. The number of rotatable bonds is 8. The van der Waals surface area contributed by atoms with Crippen LogP contribution in [0.4, 0.5) is 10.2 Å². The van der Waals surface area contributed by atoms with Gasteiger partial charge in [0.1, 0.15) is 0 Å². The molecule has 2 aromatic rings. The maximum atomic E-state index is 14.6. The van der Waals surface area contributed by atoms with Crippen molar-refractivity contribution < 1.29 is 13.6 Å². The van der Waals surface area contributed by atoms with Crippen molar-refractivity contribution in [1.29, 1.82) is 0 Å². The number of hydrogen-bond acceptors (Lipinski definition) is 4. The number of nitrogens with zero attached hydrogens (tertiary/aromatic N) is 1. The third-order valence-electron chi connectivity index (χ3n) is 3.93. The molecule has 27 heavy (non-hydrogen) atoms. The van der Waals surface area contributed by atoms with Crippen LogP contribution in [0.2, 0.25) is 0 Å². The van der Waals surface area contributed by atoms with E-state index in [1.807, 2.05) is 27.7 Å². The van der Waals surface area contributed by atoms with Gasteiger partial charge in [0.25, 0.3) is 5.91 Å². The topological polar surface area (TPSA) is 81.2 Å². The molecule has 0 aliphatic carbocycles. The Morgan fingerprint density at radius 2 is 2.04 bits per heavy atom. The molecule has 2 heterocycles. The fourth-order valence-corrected chi connectivity index (χ4v) is 2.46. The van der Waals surface area contributed by atoms with Crippen molar-refractivity contribution in [3.8, 4) is 0 Å². The minimum atomic E-state index is -0.739. The summed E-state index contributed by atoms with van der Waals surface area (Å²) in [6.07, 6.45) is 5.84. The Morgan fingerprint density at radius 3 is 2.56 bits per heavy atom. The van der Waals surface area contributed by atoms with Gasteiger partial charge in [-0.05, 0) is 18.8 Å². The first-order valence-corrected chi connectivity index (χ1v) is 9.71. The number of halogens is 1. The molecule has 152 valence electrons. The summed E-state index contributed by atoms with van der Waals surface area (Å²) in [4.78, 5) is 15.2. The summed E-state index contributed by atoms with van der Waals surface area (Å²) < 4.78 is 19.8. The number of furan rings is 1. The molecule has 2 rings (SSSR count). The smallest absolute Gasteiger partial charge is 0.284 e. The van der Waals surface area contributed by atoms with Crippen LogP contribution in [0.25, 0.3) is 11.0 Å². The highest BCUT2D eigenvalue weighted by Crippen LogP contribution is 2.27. The Kier molecular flexibility index (Phi) is 11.8. The number of fused-ring (bicyclic) bond motifs is 1. The standard InChI is InChI=1S/C17H22FN3O2.2C2H6/c1-4-6-11(7-10(3)5-2)21-17-15(18)12-8-13(16(19)22)23-14(12)9-20-17;2*1-2/h4,8-11H,1,5-7H2,2-3H3,(H2,19,22)(H,20,21);2*1-2H3. The van der Waals surface area contributed by atoms with Crippen LogP contribution in [-0.2, 0) is 0 Å². The van der Waals surface area contributed by atoms with E-state index in [1.165, 1.54) is 12.3 Å². The summed E-state index contributed by atoms with van der Waals surface area (Å²) >= 11 is 0. The van der Waals surface area contributed by atoms with Crippen LogP contribution in [0.1, 0.15) is 71.4 Å². The Labute approximate surface area is 162 Å². The maximum absolute atomic E-state index is 14.6. The van der Waals surface area contributed by atoms with Crippen molar-refractivity contribution in [3.05, 3.63) is 36.5 Å². The highest BCUT2D eigenvalue weighted by molar-refractivity contribution is 5.95. The first-order chi connectivity index (χ1) is 13.0. The molecule has 0 aliphatic heterocycles. The number of primary amides is 1. The van der Waals surface area contributed by atoms with Crippen LogP contribution in [0.5, 0.6) is 0 Å². The average Bonchev–Trinajstić information content (AvgIpc) is 3.13. The fraction of sp³-hybridized carbons (Fsp3) is 0.524. The van der Waals surface area contributed by atoms with Gasteiger partial charge in [0.15, 0.2) is 23.0 Å². The predicted molar refractivity (Wildman–Crippen MR) is 111 cm³/mol. The zero-order valence-electron chi connectivity index (χ0n) is 17.4. The van der Waals surface area contributed by atoms with Gasteiger partial charge in [-0.3, -0.25) is 4.79 Å². The van der Waals surface area contributed by atoms with E-state index >= 15 is 0 Å². The van der Waals surface area contributed by atoms with Crippen molar-refractivity contribution in [2.75, 3.05) is 5.32 Å².